The quantitative estimate of drug-likeness (QED) is 0.869. The van der Waals surface area contributed by atoms with E-state index in [2.05, 4.69) is 34.5 Å². The molecule has 1 aliphatic rings. The van der Waals surface area contributed by atoms with Gasteiger partial charge in [-0.1, -0.05) is 12.1 Å². The van der Waals surface area contributed by atoms with Gasteiger partial charge in [0.1, 0.15) is 5.75 Å². The van der Waals surface area contributed by atoms with Gasteiger partial charge in [-0.25, -0.2) is 0 Å². The number of hydrogen-bond donors (Lipinski definition) is 1. The van der Waals surface area contributed by atoms with E-state index in [4.69, 9.17) is 4.74 Å². The maximum Gasteiger partial charge on any atom is 0.119 e. The molecular formula is C15H25ClN2O. The average molecular weight is 285 g/mol. The highest BCUT2D eigenvalue weighted by Crippen LogP contribution is 2.20. The van der Waals surface area contributed by atoms with Gasteiger partial charge in [-0.2, -0.15) is 0 Å². The lowest BCUT2D eigenvalue weighted by molar-refractivity contribution is 0.242. The van der Waals surface area contributed by atoms with E-state index in [1.165, 1.54) is 24.9 Å². The van der Waals surface area contributed by atoms with E-state index < -0.39 is 0 Å². The summed E-state index contributed by atoms with van der Waals surface area (Å²) in [5.74, 6) is 0.967. The second-order valence-corrected chi connectivity index (χ2v) is 4.90. The van der Waals surface area contributed by atoms with Crippen molar-refractivity contribution in [1.82, 2.24) is 10.2 Å². The van der Waals surface area contributed by atoms with E-state index >= 15 is 0 Å². The molecule has 1 heterocycles. The predicted octanol–water partition coefficient (Wildman–Crippen LogP) is 2.69. The highest BCUT2D eigenvalue weighted by molar-refractivity contribution is 5.85. The first-order valence-corrected chi connectivity index (χ1v) is 6.94. The van der Waals surface area contributed by atoms with Crippen molar-refractivity contribution in [1.29, 1.82) is 0 Å². The van der Waals surface area contributed by atoms with Crippen molar-refractivity contribution in [2.24, 2.45) is 0 Å². The molecule has 2 rings (SSSR count). The lowest BCUT2D eigenvalue weighted by atomic mass is 10.1. The van der Waals surface area contributed by atoms with Crippen LogP contribution < -0.4 is 10.1 Å². The topological polar surface area (TPSA) is 24.5 Å². The zero-order valence-electron chi connectivity index (χ0n) is 11.9. The summed E-state index contributed by atoms with van der Waals surface area (Å²) in [6.45, 7) is 6.12. The Balaban J connectivity index is 0.00000180. The van der Waals surface area contributed by atoms with Gasteiger partial charge in [-0.05, 0) is 51.1 Å². The third-order valence-corrected chi connectivity index (χ3v) is 3.56. The number of rotatable bonds is 6. The summed E-state index contributed by atoms with van der Waals surface area (Å²) in [5, 5.41) is 3.29. The maximum atomic E-state index is 5.47. The monoisotopic (exact) mass is 284 g/mol. The number of likely N-dealkylation sites (tertiary alicyclic amines) is 1. The Bertz CT molecular complexity index is 356. The van der Waals surface area contributed by atoms with Crippen LogP contribution in [0, 0.1) is 0 Å². The third-order valence-electron chi connectivity index (χ3n) is 3.56. The SMILES string of the molecule is CCOc1ccc(CN2CCCC2CNC)cc1.Cl. The molecule has 1 aromatic rings. The summed E-state index contributed by atoms with van der Waals surface area (Å²) in [7, 11) is 2.04. The molecule has 1 aliphatic heterocycles. The lowest BCUT2D eigenvalue weighted by Gasteiger charge is -2.24. The molecule has 108 valence electrons. The van der Waals surface area contributed by atoms with E-state index in [0.717, 1.165) is 25.4 Å². The molecule has 1 aromatic carbocycles. The smallest absolute Gasteiger partial charge is 0.119 e. The third kappa shape index (κ3) is 4.68. The van der Waals surface area contributed by atoms with E-state index in [9.17, 15) is 0 Å². The van der Waals surface area contributed by atoms with Crippen LogP contribution in [0.5, 0.6) is 5.75 Å². The van der Waals surface area contributed by atoms with Gasteiger partial charge in [0.05, 0.1) is 6.61 Å². The van der Waals surface area contributed by atoms with Gasteiger partial charge in [0.15, 0.2) is 0 Å². The maximum absolute atomic E-state index is 5.47. The fraction of sp³-hybridized carbons (Fsp3) is 0.600. The van der Waals surface area contributed by atoms with E-state index in [0.29, 0.717) is 6.04 Å². The number of halogens is 1. The molecule has 1 saturated heterocycles. The zero-order valence-corrected chi connectivity index (χ0v) is 12.7. The van der Waals surface area contributed by atoms with Crippen molar-refractivity contribution in [3.63, 3.8) is 0 Å². The molecule has 0 radical (unpaired) electrons. The first-order valence-electron chi connectivity index (χ1n) is 6.94. The molecule has 0 saturated carbocycles. The first-order chi connectivity index (χ1) is 8.83. The van der Waals surface area contributed by atoms with Crippen LogP contribution in [-0.2, 0) is 6.54 Å². The number of benzene rings is 1. The second-order valence-electron chi connectivity index (χ2n) is 4.90. The van der Waals surface area contributed by atoms with Gasteiger partial charge in [0.2, 0.25) is 0 Å². The largest absolute Gasteiger partial charge is 0.494 e. The van der Waals surface area contributed by atoms with Crippen molar-refractivity contribution in [2.75, 3.05) is 26.7 Å². The molecule has 19 heavy (non-hydrogen) atoms. The van der Waals surface area contributed by atoms with E-state index in [-0.39, 0.29) is 12.4 Å². The summed E-state index contributed by atoms with van der Waals surface area (Å²) in [4.78, 5) is 2.58. The highest BCUT2D eigenvalue weighted by atomic mass is 35.5. The molecule has 0 amide bonds. The Morgan fingerprint density at radius 1 is 1.32 bits per heavy atom. The Labute approximate surface area is 122 Å². The van der Waals surface area contributed by atoms with Gasteiger partial charge in [0.25, 0.3) is 0 Å². The fourth-order valence-electron chi connectivity index (χ4n) is 2.66. The molecule has 0 bridgehead atoms. The zero-order chi connectivity index (χ0) is 12.8. The number of ether oxygens (including phenoxy) is 1. The highest BCUT2D eigenvalue weighted by Gasteiger charge is 2.23. The van der Waals surface area contributed by atoms with E-state index in [1.807, 2.05) is 14.0 Å². The van der Waals surface area contributed by atoms with Crippen LogP contribution in [-0.4, -0.2) is 37.7 Å². The standard InChI is InChI=1S/C15H24N2O.ClH/c1-3-18-15-8-6-13(7-9-15)12-17-10-4-5-14(17)11-16-2;/h6-9,14,16H,3-5,10-12H2,1-2H3;1H. The molecular weight excluding hydrogens is 260 g/mol. The van der Waals surface area contributed by atoms with Gasteiger partial charge in [0, 0.05) is 19.1 Å². The van der Waals surface area contributed by atoms with Crippen molar-refractivity contribution >= 4 is 12.4 Å². The first kappa shape index (κ1) is 16.3. The molecule has 0 aromatic heterocycles. The summed E-state index contributed by atoms with van der Waals surface area (Å²) in [6.07, 6.45) is 2.64. The number of nitrogens with zero attached hydrogens (tertiary/aromatic N) is 1. The van der Waals surface area contributed by atoms with Crippen molar-refractivity contribution in [3.05, 3.63) is 29.8 Å². The van der Waals surface area contributed by atoms with Gasteiger partial charge in [-0.3, -0.25) is 4.90 Å². The summed E-state index contributed by atoms with van der Waals surface area (Å²) in [5.41, 5.74) is 1.38. The van der Waals surface area contributed by atoms with Crippen LogP contribution in [0.1, 0.15) is 25.3 Å². The van der Waals surface area contributed by atoms with Gasteiger partial charge in [-0.15, -0.1) is 12.4 Å². The van der Waals surface area contributed by atoms with Crippen molar-refractivity contribution in [3.8, 4) is 5.75 Å². The molecule has 1 atom stereocenters. The lowest BCUT2D eigenvalue weighted by Crippen LogP contribution is -2.36. The van der Waals surface area contributed by atoms with Crippen LogP contribution in [0.25, 0.3) is 0 Å². The molecule has 1 N–H and O–H groups in total. The predicted molar refractivity (Wildman–Crippen MR) is 82.2 cm³/mol. The second kappa shape index (κ2) is 8.41. The molecule has 4 heteroatoms. The normalized spacial score (nSPS) is 19.2. The number of hydrogen-bond acceptors (Lipinski definition) is 3. The molecule has 0 aliphatic carbocycles. The average Bonchev–Trinajstić information content (AvgIpc) is 2.80. The minimum absolute atomic E-state index is 0. The van der Waals surface area contributed by atoms with Crippen molar-refractivity contribution < 1.29 is 4.74 Å². The van der Waals surface area contributed by atoms with Crippen LogP contribution in [0.3, 0.4) is 0 Å². The van der Waals surface area contributed by atoms with Crippen LogP contribution in [0.2, 0.25) is 0 Å². The number of likely N-dealkylation sites (N-methyl/N-ethyl adjacent to an activating group) is 1. The minimum Gasteiger partial charge on any atom is -0.494 e. The fourth-order valence-corrected chi connectivity index (χ4v) is 2.66. The Morgan fingerprint density at radius 3 is 2.68 bits per heavy atom. The van der Waals surface area contributed by atoms with E-state index in [1.54, 1.807) is 0 Å². The molecule has 3 nitrogen and oxygen atoms in total. The summed E-state index contributed by atoms with van der Waals surface area (Å²) in [6, 6.07) is 9.20. The number of nitrogens with one attached hydrogen (secondary N) is 1. The Kier molecular flexibility index (Phi) is 7.21. The summed E-state index contributed by atoms with van der Waals surface area (Å²) >= 11 is 0. The van der Waals surface area contributed by atoms with Crippen LogP contribution in [0.4, 0.5) is 0 Å². The van der Waals surface area contributed by atoms with Crippen LogP contribution >= 0.6 is 12.4 Å². The Morgan fingerprint density at radius 2 is 2.05 bits per heavy atom. The molecule has 1 fully saturated rings. The summed E-state index contributed by atoms with van der Waals surface area (Å²) < 4.78 is 5.47. The van der Waals surface area contributed by atoms with Crippen LogP contribution in [0.15, 0.2) is 24.3 Å². The van der Waals surface area contributed by atoms with Gasteiger partial charge < -0.3 is 10.1 Å². The minimum atomic E-state index is 0. The Hall–Kier alpha value is -0.770. The molecule has 1 unspecified atom stereocenters. The van der Waals surface area contributed by atoms with Crippen molar-refractivity contribution in [2.45, 2.75) is 32.4 Å². The van der Waals surface area contributed by atoms with Gasteiger partial charge >= 0.3 is 0 Å². The molecule has 0 spiro atoms.